The van der Waals surface area contributed by atoms with Crippen LogP contribution in [0.4, 0.5) is 0 Å². The van der Waals surface area contributed by atoms with E-state index in [-0.39, 0.29) is 45.6 Å². The van der Waals surface area contributed by atoms with Crippen LogP contribution in [0, 0.1) is 0 Å². The molecule has 0 saturated heterocycles. The minimum Gasteiger partial charge on any atom is -0.691 e. The van der Waals surface area contributed by atoms with Crippen LogP contribution in [0.1, 0.15) is 20.7 Å². The first-order chi connectivity index (χ1) is 8.63. The van der Waals surface area contributed by atoms with Gasteiger partial charge in [0.15, 0.2) is 0 Å². The molecule has 0 aromatic heterocycles. The van der Waals surface area contributed by atoms with Crippen molar-refractivity contribution < 1.29 is 63.2 Å². The molecule has 0 bridgehead atoms. The molecule has 0 amide bonds. The predicted molar refractivity (Wildman–Crippen MR) is 57.1 cm³/mol. The number of hydrogen-bond donors (Lipinski definition) is 0. The van der Waals surface area contributed by atoms with Crippen LogP contribution in [-0.2, 0) is 18.8 Å². The average molecular weight is 296 g/mol. The second kappa shape index (κ2) is 9.32. The Morgan fingerprint density at radius 3 is 2.32 bits per heavy atom. The minimum absolute atomic E-state index is 0. The van der Waals surface area contributed by atoms with Gasteiger partial charge >= 0.3 is 41.5 Å². The summed E-state index contributed by atoms with van der Waals surface area (Å²) in [4.78, 5) is 22.9. The average Bonchev–Trinajstić information content (AvgIpc) is 2.42. The maximum absolute atomic E-state index is 11.4. The van der Waals surface area contributed by atoms with Gasteiger partial charge in [-0.05, 0) is 18.2 Å². The molecule has 0 fully saturated rings. The fourth-order valence-corrected chi connectivity index (χ4v) is 1.68. The zero-order valence-electron chi connectivity index (χ0n) is 10.5. The standard InChI is InChI=1S/C10H10O7S.Na/c1-14-9(11)6-3-4-7(10(12)15-2)8(5-6)18-17-16-13;/h3-5,13H,1-2H3;/q;+1/p-1. The Hall–Kier alpha value is -0.610. The van der Waals surface area contributed by atoms with E-state index < -0.39 is 11.9 Å². The van der Waals surface area contributed by atoms with Gasteiger partial charge in [-0.25, -0.2) is 9.59 Å². The molecule has 1 aromatic rings. The molecule has 0 heterocycles. The second-order valence-corrected chi connectivity index (χ2v) is 3.66. The number of methoxy groups -OCH3 is 2. The Morgan fingerprint density at radius 1 is 1.16 bits per heavy atom. The predicted octanol–water partition coefficient (Wildman–Crippen LogP) is -2.51. The molecule has 0 saturated carbocycles. The van der Waals surface area contributed by atoms with Crippen LogP contribution in [0.3, 0.4) is 0 Å². The molecule has 0 aliphatic heterocycles. The summed E-state index contributed by atoms with van der Waals surface area (Å²) in [5, 5.41) is 13.0. The summed E-state index contributed by atoms with van der Waals surface area (Å²) in [5.74, 6) is -1.22. The number of hydrogen-bond acceptors (Lipinski definition) is 8. The summed E-state index contributed by atoms with van der Waals surface area (Å²) < 4.78 is 13.2. The normalized spacial score (nSPS) is 9.42. The SMILES string of the molecule is COC(=O)c1ccc(C(=O)OC)c(SOO[O-])c1.[Na+]. The number of benzene rings is 1. The molecule has 19 heavy (non-hydrogen) atoms. The molecule has 9 heteroatoms. The summed E-state index contributed by atoms with van der Waals surface area (Å²) in [6.45, 7) is 0. The molecule has 0 N–H and O–H groups in total. The van der Waals surface area contributed by atoms with Crippen LogP contribution < -0.4 is 34.8 Å². The van der Waals surface area contributed by atoms with Gasteiger partial charge in [0.05, 0.1) is 42.3 Å². The van der Waals surface area contributed by atoms with E-state index >= 15 is 0 Å². The molecule has 0 spiro atoms. The molecular weight excluding hydrogens is 287 g/mol. The molecule has 0 unspecified atom stereocenters. The molecule has 1 aromatic carbocycles. The van der Waals surface area contributed by atoms with Gasteiger partial charge in [0.2, 0.25) is 0 Å². The Labute approximate surface area is 135 Å². The number of esters is 2. The van der Waals surface area contributed by atoms with E-state index in [0.717, 1.165) is 0 Å². The van der Waals surface area contributed by atoms with Crippen LogP contribution in [-0.4, -0.2) is 26.2 Å². The topological polar surface area (TPSA) is 94.1 Å². The van der Waals surface area contributed by atoms with E-state index in [4.69, 9.17) is 0 Å². The monoisotopic (exact) mass is 296 g/mol. The summed E-state index contributed by atoms with van der Waals surface area (Å²) >= 11 is 0.489. The third kappa shape index (κ3) is 5.11. The van der Waals surface area contributed by atoms with E-state index in [1.54, 1.807) is 0 Å². The van der Waals surface area contributed by atoms with Crippen molar-refractivity contribution in [3.8, 4) is 0 Å². The Morgan fingerprint density at radius 2 is 1.79 bits per heavy atom. The summed E-state index contributed by atoms with van der Waals surface area (Å²) in [6, 6.07) is 4.07. The maximum Gasteiger partial charge on any atom is 1.00 e. The van der Waals surface area contributed by atoms with Gasteiger partial charge in [-0.2, -0.15) is 4.33 Å². The number of rotatable bonds is 5. The molecule has 0 radical (unpaired) electrons. The molecule has 1 rings (SSSR count). The van der Waals surface area contributed by atoms with Gasteiger partial charge < -0.3 is 14.7 Å². The first-order valence-corrected chi connectivity index (χ1v) is 5.32. The second-order valence-electron chi connectivity index (χ2n) is 2.91. The van der Waals surface area contributed by atoms with Crippen LogP contribution in [0.5, 0.6) is 0 Å². The summed E-state index contributed by atoms with van der Waals surface area (Å²) in [7, 11) is 2.43. The fraction of sp³-hybridized carbons (Fsp3) is 0.200. The van der Waals surface area contributed by atoms with E-state index in [9.17, 15) is 14.8 Å². The molecule has 0 aliphatic carbocycles. The van der Waals surface area contributed by atoms with Crippen molar-refractivity contribution in [3.05, 3.63) is 29.3 Å². The Bertz CT molecular complexity index is 452. The van der Waals surface area contributed by atoms with Crippen LogP contribution in [0.2, 0.25) is 0 Å². The molecular formula is C10H9NaO7S. The molecule has 0 aliphatic rings. The fourth-order valence-electron chi connectivity index (χ4n) is 1.17. The van der Waals surface area contributed by atoms with Gasteiger partial charge in [0.25, 0.3) is 0 Å². The molecule has 0 atom stereocenters. The minimum atomic E-state index is -0.636. The van der Waals surface area contributed by atoms with Crippen molar-refractivity contribution in [3.63, 3.8) is 0 Å². The third-order valence-electron chi connectivity index (χ3n) is 1.96. The number of carbonyl (C=O) groups excluding carboxylic acids is 2. The van der Waals surface area contributed by atoms with Crippen molar-refractivity contribution in [2.24, 2.45) is 0 Å². The zero-order chi connectivity index (χ0) is 13.5. The van der Waals surface area contributed by atoms with Crippen molar-refractivity contribution in [1.82, 2.24) is 0 Å². The van der Waals surface area contributed by atoms with Gasteiger partial charge in [-0.1, -0.05) is 0 Å². The van der Waals surface area contributed by atoms with Crippen LogP contribution in [0.25, 0.3) is 0 Å². The van der Waals surface area contributed by atoms with E-state index in [2.05, 4.69) is 18.8 Å². The third-order valence-corrected chi connectivity index (χ3v) is 2.60. The van der Waals surface area contributed by atoms with Crippen molar-refractivity contribution in [2.45, 2.75) is 4.90 Å². The van der Waals surface area contributed by atoms with E-state index in [0.29, 0.717) is 12.0 Å². The molecule has 7 nitrogen and oxygen atoms in total. The summed E-state index contributed by atoms with van der Waals surface area (Å²) in [6.07, 6.45) is 0. The van der Waals surface area contributed by atoms with Gasteiger partial charge in [-0.15, -0.1) is 0 Å². The van der Waals surface area contributed by atoms with Crippen LogP contribution in [0.15, 0.2) is 23.1 Å². The van der Waals surface area contributed by atoms with E-state index in [1.165, 1.54) is 32.4 Å². The first kappa shape index (κ1) is 18.4. The van der Waals surface area contributed by atoms with Crippen LogP contribution >= 0.6 is 12.0 Å². The number of carbonyl (C=O) groups is 2. The zero-order valence-corrected chi connectivity index (χ0v) is 13.3. The van der Waals surface area contributed by atoms with E-state index in [1.807, 2.05) is 0 Å². The Kier molecular flexibility index (Phi) is 9.02. The van der Waals surface area contributed by atoms with Crippen molar-refractivity contribution >= 4 is 24.0 Å². The number of ether oxygens (including phenoxy) is 2. The van der Waals surface area contributed by atoms with Gasteiger partial charge in [0.1, 0.15) is 0 Å². The maximum atomic E-state index is 11.4. The van der Waals surface area contributed by atoms with Gasteiger partial charge in [-0.3, -0.25) is 5.04 Å². The van der Waals surface area contributed by atoms with Crippen molar-refractivity contribution in [1.29, 1.82) is 0 Å². The quantitative estimate of drug-likeness (QED) is 0.193. The Balaban J connectivity index is 0.00000324. The smallest absolute Gasteiger partial charge is 0.691 e. The van der Waals surface area contributed by atoms with Crippen molar-refractivity contribution in [2.75, 3.05) is 14.2 Å². The summed E-state index contributed by atoms with van der Waals surface area (Å²) in [5.41, 5.74) is 0.328. The largest absolute Gasteiger partial charge is 1.00 e. The van der Waals surface area contributed by atoms with Gasteiger partial charge in [0, 0.05) is 0 Å². The first-order valence-electron chi connectivity index (χ1n) is 4.58. The molecule has 98 valence electrons.